The van der Waals surface area contributed by atoms with Gasteiger partial charge in [0.05, 0.1) is 0 Å². The molecular weight excluding hydrogens is 829 g/mol. The minimum atomic E-state index is -0.801. The van der Waals surface area contributed by atoms with E-state index in [9.17, 15) is 14.4 Å². The van der Waals surface area contributed by atoms with Gasteiger partial charge in [-0.1, -0.05) is 215 Å². The zero-order valence-corrected chi connectivity index (χ0v) is 43.9. The van der Waals surface area contributed by atoms with Crippen LogP contribution in [0.5, 0.6) is 0 Å². The van der Waals surface area contributed by atoms with E-state index in [0.29, 0.717) is 19.3 Å². The van der Waals surface area contributed by atoms with E-state index in [0.717, 1.165) is 122 Å². The highest BCUT2D eigenvalue weighted by Gasteiger charge is 2.19. The standard InChI is InChI=1S/C61H104O6/c1-4-7-10-13-16-19-22-25-28-30-31-32-34-36-39-42-45-48-51-54-60(63)66-57-58(56-65-59(62)53-50-47-44-41-38-35-27-24-21-18-15-12-9-6-3)67-61(64)55-52-49-46-43-40-37-33-29-26-23-20-17-14-11-8-5-2/h7,10,16,19,25,28-29,31-33,35-36,38-39,58H,4-6,8-9,11-15,17-18,20-24,26-27,30,34,37,40-57H2,1-3H3/b10-7-,19-16-,28-25-,32-31-,33-29-,38-35-,39-36-. The van der Waals surface area contributed by atoms with Crippen molar-refractivity contribution >= 4 is 17.9 Å². The molecule has 6 heteroatoms. The van der Waals surface area contributed by atoms with Crippen molar-refractivity contribution in [3.05, 3.63) is 85.1 Å². The van der Waals surface area contributed by atoms with Gasteiger partial charge >= 0.3 is 17.9 Å². The molecule has 0 heterocycles. The maximum Gasteiger partial charge on any atom is 0.306 e. The van der Waals surface area contributed by atoms with Crippen molar-refractivity contribution < 1.29 is 28.6 Å². The third-order valence-corrected chi connectivity index (χ3v) is 11.9. The van der Waals surface area contributed by atoms with Crippen LogP contribution in [0.4, 0.5) is 0 Å². The number of allylic oxidation sites excluding steroid dienone is 14. The monoisotopic (exact) mass is 933 g/mol. The number of esters is 3. The third kappa shape index (κ3) is 53.4. The zero-order chi connectivity index (χ0) is 48.6. The largest absolute Gasteiger partial charge is 0.462 e. The Kier molecular flexibility index (Phi) is 52.4. The Hall–Kier alpha value is -3.41. The van der Waals surface area contributed by atoms with Crippen LogP contribution in [-0.2, 0) is 28.6 Å². The van der Waals surface area contributed by atoms with E-state index in [1.807, 2.05) is 0 Å². The molecule has 0 N–H and O–H groups in total. The SMILES string of the molecule is CC/C=C\C/C=C\C/C=C\C/C=C\C/C=C\CCCCCC(=O)OCC(COC(=O)CCCCC/C=C\CCCCCCCCC)OC(=O)CCCCCCC/C=C\CCCCCCCCC. The topological polar surface area (TPSA) is 78.9 Å². The molecule has 0 amide bonds. The molecular formula is C61H104O6. The van der Waals surface area contributed by atoms with Gasteiger partial charge in [-0.05, 0) is 116 Å². The van der Waals surface area contributed by atoms with Crippen molar-refractivity contribution in [3.8, 4) is 0 Å². The smallest absolute Gasteiger partial charge is 0.306 e. The summed E-state index contributed by atoms with van der Waals surface area (Å²) in [6, 6.07) is 0. The maximum atomic E-state index is 12.8. The first-order valence-corrected chi connectivity index (χ1v) is 28.1. The third-order valence-electron chi connectivity index (χ3n) is 11.9. The summed E-state index contributed by atoms with van der Waals surface area (Å²) in [5.74, 6) is -0.950. The number of unbranched alkanes of at least 4 members (excludes halogenated alkanes) is 25. The molecule has 0 rings (SSSR count). The molecule has 0 aliphatic heterocycles. The van der Waals surface area contributed by atoms with Crippen LogP contribution in [0.2, 0.25) is 0 Å². The van der Waals surface area contributed by atoms with Crippen LogP contribution in [-0.4, -0.2) is 37.2 Å². The fraction of sp³-hybridized carbons (Fsp3) is 0.721. The van der Waals surface area contributed by atoms with Gasteiger partial charge in [0.1, 0.15) is 13.2 Å². The summed E-state index contributed by atoms with van der Waals surface area (Å²) < 4.78 is 16.8. The molecule has 6 nitrogen and oxygen atoms in total. The van der Waals surface area contributed by atoms with Crippen LogP contribution >= 0.6 is 0 Å². The number of hydrogen-bond donors (Lipinski definition) is 0. The predicted octanol–water partition coefficient (Wildman–Crippen LogP) is 18.8. The zero-order valence-electron chi connectivity index (χ0n) is 43.9. The van der Waals surface area contributed by atoms with Crippen LogP contribution in [0.3, 0.4) is 0 Å². The molecule has 0 aliphatic rings. The fourth-order valence-electron chi connectivity index (χ4n) is 7.63. The van der Waals surface area contributed by atoms with Gasteiger partial charge in [-0.2, -0.15) is 0 Å². The Morgan fingerprint density at radius 3 is 0.940 bits per heavy atom. The van der Waals surface area contributed by atoms with Crippen molar-refractivity contribution in [1.29, 1.82) is 0 Å². The summed E-state index contributed by atoms with van der Waals surface area (Å²) in [6.07, 6.45) is 71.4. The lowest BCUT2D eigenvalue weighted by molar-refractivity contribution is -0.167. The average Bonchev–Trinajstić information content (AvgIpc) is 3.33. The van der Waals surface area contributed by atoms with Gasteiger partial charge in [-0.15, -0.1) is 0 Å². The molecule has 1 unspecified atom stereocenters. The molecule has 0 saturated heterocycles. The molecule has 1 atom stereocenters. The Morgan fingerprint density at radius 1 is 0.313 bits per heavy atom. The lowest BCUT2D eigenvalue weighted by Crippen LogP contribution is -2.30. The van der Waals surface area contributed by atoms with Crippen molar-refractivity contribution in [2.24, 2.45) is 0 Å². The molecule has 0 saturated carbocycles. The Bertz CT molecular complexity index is 1300. The molecule has 0 aromatic heterocycles. The first kappa shape index (κ1) is 63.6. The molecule has 0 spiro atoms. The van der Waals surface area contributed by atoms with Crippen molar-refractivity contribution in [1.82, 2.24) is 0 Å². The summed E-state index contributed by atoms with van der Waals surface area (Å²) in [4.78, 5) is 38.1. The highest BCUT2D eigenvalue weighted by Crippen LogP contribution is 2.14. The van der Waals surface area contributed by atoms with E-state index >= 15 is 0 Å². The van der Waals surface area contributed by atoms with E-state index in [1.165, 1.54) is 103 Å². The lowest BCUT2D eigenvalue weighted by Gasteiger charge is -2.18. The van der Waals surface area contributed by atoms with E-state index in [4.69, 9.17) is 14.2 Å². The molecule has 0 aromatic rings. The first-order valence-electron chi connectivity index (χ1n) is 28.1. The summed E-state index contributed by atoms with van der Waals surface area (Å²) >= 11 is 0. The summed E-state index contributed by atoms with van der Waals surface area (Å²) in [5.41, 5.74) is 0. The summed E-state index contributed by atoms with van der Waals surface area (Å²) in [7, 11) is 0. The van der Waals surface area contributed by atoms with Gasteiger partial charge in [0.25, 0.3) is 0 Å². The molecule has 0 aliphatic carbocycles. The van der Waals surface area contributed by atoms with Gasteiger partial charge in [0, 0.05) is 19.3 Å². The number of ether oxygens (including phenoxy) is 3. The Labute approximate surface area is 414 Å². The van der Waals surface area contributed by atoms with E-state index in [1.54, 1.807) is 0 Å². The second-order valence-corrected chi connectivity index (χ2v) is 18.5. The van der Waals surface area contributed by atoms with Crippen LogP contribution in [0.15, 0.2) is 85.1 Å². The minimum Gasteiger partial charge on any atom is -0.462 e. The predicted molar refractivity (Wildman–Crippen MR) is 288 cm³/mol. The van der Waals surface area contributed by atoms with E-state index < -0.39 is 6.10 Å². The molecule has 0 fully saturated rings. The minimum absolute atomic E-state index is 0.0983. The second-order valence-electron chi connectivity index (χ2n) is 18.5. The van der Waals surface area contributed by atoms with Gasteiger partial charge < -0.3 is 14.2 Å². The second kappa shape index (κ2) is 55.2. The number of carbonyl (C=O) groups is 3. The normalized spacial score (nSPS) is 12.7. The highest BCUT2D eigenvalue weighted by molar-refractivity contribution is 5.71. The van der Waals surface area contributed by atoms with Crippen LogP contribution in [0.1, 0.15) is 265 Å². The lowest BCUT2D eigenvalue weighted by atomic mass is 10.1. The number of carbonyl (C=O) groups excluding carboxylic acids is 3. The molecule has 0 radical (unpaired) electrons. The van der Waals surface area contributed by atoms with Crippen LogP contribution in [0, 0.1) is 0 Å². The van der Waals surface area contributed by atoms with Crippen molar-refractivity contribution in [3.63, 3.8) is 0 Å². The van der Waals surface area contributed by atoms with Gasteiger partial charge in [-0.3, -0.25) is 14.4 Å². The van der Waals surface area contributed by atoms with Crippen molar-refractivity contribution in [2.75, 3.05) is 13.2 Å². The first-order chi connectivity index (χ1) is 33.0. The molecule has 0 bridgehead atoms. The van der Waals surface area contributed by atoms with Crippen LogP contribution < -0.4 is 0 Å². The average molecular weight is 933 g/mol. The fourth-order valence-corrected chi connectivity index (χ4v) is 7.63. The van der Waals surface area contributed by atoms with Gasteiger partial charge in [0.15, 0.2) is 6.10 Å². The van der Waals surface area contributed by atoms with Gasteiger partial charge in [0.2, 0.25) is 0 Å². The van der Waals surface area contributed by atoms with Crippen molar-refractivity contribution in [2.45, 2.75) is 271 Å². The highest BCUT2D eigenvalue weighted by atomic mass is 16.6. The molecule has 67 heavy (non-hydrogen) atoms. The number of rotatable bonds is 50. The maximum absolute atomic E-state index is 12.8. The summed E-state index contributed by atoms with van der Waals surface area (Å²) in [6.45, 7) is 6.48. The molecule has 384 valence electrons. The van der Waals surface area contributed by atoms with Crippen LogP contribution in [0.25, 0.3) is 0 Å². The number of hydrogen-bond acceptors (Lipinski definition) is 6. The van der Waals surface area contributed by atoms with Gasteiger partial charge in [-0.25, -0.2) is 0 Å². The Morgan fingerprint density at radius 2 is 0.582 bits per heavy atom. The summed E-state index contributed by atoms with van der Waals surface area (Å²) in [5, 5.41) is 0. The quantitative estimate of drug-likeness (QED) is 0.0262. The van der Waals surface area contributed by atoms with E-state index in [-0.39, 0.29) is 31.1 Å². The van der Waals surface area contributed by atoms with E-state index in [2.05, 4.69) is 106 Å². The molecule has 0 aromatic carbocycles. The Balaban J connectivity index is 4.47.